The minimum absolute atomic E-state index is 0. The van der Waals surface area contributed by atoms with Crippen molar-refractivity contribution in [3.8, 4) is 0 Å². The van der Waals surface area contributed by atoms with E-state index in [4.69, 9.17) is 0 Å². The molecular formula is C8H14Cl3Ti. The second-order valence-corrected chi connectivity index (χ2v) is 3.64. The largest absolute Gasteiger partial charge is 0.147 e. The predicted molar refractivity (Wildman–Crippen MR) is 57.4 cm³/mol. The van der Waals surface area contributed by atoms with Gasteiger partial charge in [-0.25, -0.2) is 0 Å². The van der Waals surface area contributed by atoms with Crippen molar-refractivity contribution < 1.29 is 20.4 Å². The Kier molecular flexibility index (Phi) is 13.5. The van der Waals surface area contributed by atoms with Crippen LogP contribution in [0.1, 0.15) is 20.3 Å². The first kappa shape index (κ1) is 18.8. The van der Waals surface area contributed by atoms with Crippen molar-refractivity contribution >= 4 is 37.2 Å². The molecule has 12 heavy (non-hydrogen) atoms. The zero-order valence-corrected chi connectivity index (χ0v) is 11.2. The van der Waals surface area contributed by atoms with Gasteiger partial charge >= 0.3 is 68.2 Å². The van der Waals surface area contributed by atoms with Crippen molar-refractivity contribution in [1.82, 2.24) is 0 Å². The van der Waals surface area contributed by atoms with Crippen molar-refractivity contribution in [1.29, 1.82) is 0 Å². The van der Waals surface area contributed by atoms with E-state index in [9.17, 15) is 0 Å². The van der Waals surface area contributed by atoms with Crippen LogP contribution in [0, 0.1) is 5.92 Å². The molecule has 0 amide bonds. The summed E-state index contributed by atoms with van der Waals surface area (Å²) in [6, 6.07) is 0. The fourth-order valence-corrected chi connectivity index (χ4v) is 1.83. The normalized spacial score (nSPS) is 13.5. The van der Waals surface area contributed by atoms with Crippen LogP contribution >= 0.6 is 37.2 Å². The Labute approximate surface area is 105 Å². The molecule has 0 spiro atoms. The number of halogens is 3. The van der Waals surface area contributed by atoms with Crippen LogP contribution in [0.25, 0.3) is 0 Å². The number of allylic oxidation sites excluding steroid dienone is 4. The van der Waals surface area contributed by atoms with Gasteiger partial charge in [0.15, 0.2) is 0 Å². The first-order valence-corrected chi connectivity index (χ1v) is 4.11. The maximum atomic E-state index is 2.25. The van der Waals surface area contributed by atoms with E-state index >= 15 is 0 Å². The second kappa shape index (κ2) is 8.65. The van der Waals surface area contributed by atoms with E-state index in [2.05, 4.69) is 46.4 Å². The van der Waals surface area contributed by atoms with Crippen LogP contribution in [0.15, 0.2) is 21.6 Å². The maximum absolute atomic E-state index is 2.25. The molecule has 0 atom stereocenters. The molecule has 1 aliphatic rings. The van der Waals surface area contributed by atoms with E-state index in [1.807, 2.05) is 0 Å². The maximum Gasteiger partial charge on any atom is -0.147 e. The van der Waals surface area contributed by atoms with E-state index in [1.165, 1.54) is 12.0 Å². The van der Waals surface area contributed by atoms with Crippen LogP contribution < -0.4 is 0 Å². The van der Waals surface area contributed by atoms with Gasteiger partial charge in [-0.05, 0) is 0 Å². The fourth-order valence-electron chi connectivity index (χ4n) is 1.06. The Morgan fingerprint density at radius 1 is 1.25 bits per heavy atom. The molecule has 1 aliphatic carbocycles. The third-order valence-corrected chi connectivity index (χ3v) is 2.36. The van der Waals surface area contributed by atoms with Gasteiger partial charge in [0.05, 0.1) is 0 Å². The first-order valence-electron chi connectivity index (χ1n) is 3.33. The van der Waals surface area contributed by atoms with Crippen molar-refractivity contribution in [3.05, 3.63) is 21.6 Å². The second-order valence-electron chi connectivity index (χ2n) is 2.70. The minimum atomic E-state index is 0. The molecule has 0 aromatic heterocycles. The molecule has 4 heteroatoms. The quantitative estimate of drug-likeness (QED) is 0.634. The molecule has 0 radical (unpaired) electrons. The molecule has 0 saturated heterocycles. The Bertz CT molecular complexity index is 173. The van der Waals surface area contributed by atoms with Crippen molar-refractivity contribution in [2.45, 2.75) is 20.3 Å². The van der Waals surface area contributed by atoms with Gasteiger partial charge < -0.3 is 0 Å². The third-order valence-electron chi connectivity index (χ3n) is 1.59. The minimum Gasteiger partial charge on any atom is -0.147 e. The summed E-state index contributed by atoms with van der Waals surface area (Å²) in [5.41, 5.74) is 1.54. The van der Waals surface area contributed by atoms with Gasteiger partial charge in [0, 0.05) is 0 Å². The van der Waals surface area contributed by atoms with E-state index in [-0.39, 0.29) is 37.2 Å². The van der Waals surface area contributed by atoms with Gasteiger partial charge in [0.1, 0.15) is 0 Å². The average Bonchev–Trinajstić information content (AvgIpc) is 2.13. The Balaban J connectivity index is -0.000000270. The summed E-state index contributed by atoms with van der Waals surface area (Å²) in [5, 5.41) is 0. The molecule has 71 valence electrons. The van der Waals surface area contributed by atoms with Gasteiger partial charge in [0.2, 0.25) is 0 Å². The summed E-state index contributed by atoms with van der Waals surface area (Å²) in [6.45, 7) is 4.49. The number of hydrogen-bond acceptors (Lipinski definition) is 0. The van der Waals surface area contributed by atoms with Crippen LogP contribution in [0.2, 0.25) is 0 Å². The molecule has 0 bridgehead atoms. The Morgan fingerprint density at radius 2 is 1.75 bits per heavy atom. The van der Waals surface area contributed by atoms with Gasteiger partial charge in [-0.3, -0.25) is 0 Å². The summed E-state index contributed by atoms with van der Waals surface area (Å²) >= 11 is 2.22. The molecule has 0 N–H and O–H groups in total. The van der Waals surface area contributed by atoms with Gasteiger partial charge in [-0.2, -0.15) is 0 Å². The molecule has 0 aromatic carbocycles. The summed E-state index contributed by atoms with van der Waals surface area (Å²) in [5.74, 6) is 0.712. The molecule has 0 aromatic rings. The van der Waals surface area contributed by atoms with Crippen molar-refractivity contribution in [2.75, 3.05) is 0 Å². The molecular weight excluding hydrogens is 250 g/mol. The molecule has 0 heterocycles. The topological polar surface area (TPSA) is 0 Å². The van der Waals surface area contributed by atoms with Crippen LogP contribution in [0.4, 0.5) is 0 Å². The Hall–Kier alpha value is 1.06. The van der Waals surface area contributed by atoms with E-state index < -0.39 is 0 Å². The van der Waals surface area contributed by atoms with Crippen LogP contribution in [0.3, 0.4) is 0 Å². The van der Waals surface area contributed by atoms with Crippen molar-refractivity contribution in [2.24, 2.45) is 5.92 Å². The molecule has 0 aliphatic heterocycles. The van der Waals surface area contributed by atoms with Crippen LogP contribution in [-0.4, -0.2) is 0 Å². The zero-order valence-electron chi connectivity index (χ0n) is 7.16. The fraction of sp³-hybridized carbons (Fsp3) is 0.500. The standard InChI is InChI=1S/C8H11.3ClH.Ti/c1-7(2)8-5-3-4-6-8;;;;/h3,5,7H,4H2,1-2H3;3*1H;. The van der Waals surface area contributed by atoms with Gasteiger partial charge in [-0.1, -0.05) is 0 Å². The molecule has 1 rings (SSSR count). The predicted octanol–water partition coefficient (Wildman–Crippen LogP) is 3.67. The molecule has 0 saturated carbocycles. The Morgan fingerprint density at radius 3 is 1.92 bits per heavy atom. The van der Waals surface area contributed by atoms with Gasteiger partial charge in [-0.15, -0.1) is 37.2 Å². The van der Waals surface area contributed by atoms with Gasteiger partial charge in [0.25, 0.3) is 0 Å². The zero-order chi connectivity index (χ0) is 6.85. The van der Waals surface area contributed by atoms with Crippen LogP contribution in [0.5, 0.6) is 0 Å². The molecule has 0 unspecified atom stereocenters. The number of hydrogen-bond donors (Lipinski definition) is 0. The van der Waals surface area contributed by atoms with Crippen LogP contribution in [-0.2, 0) is 20.4 Å². The summed E-state index contributed by atoms with van der Waals surface area (Å²) in [4.78, 5) is 0. The molecule has 0 fully saturated rings. The average molecular weight is 264 g/mol. The monoisotopic (exact) mass is 263 g/mol. The summed E-state index contributed by atoms with van der Waals surface area (Å²) in [6.07, 6.45) is 5.66. The smallest absolute Gasteiger partial charge is 0.147 e. The summed E-state index contributed by atoms with van der Waals surface area (Å²) < 4.78 is 1.55. The van der Waals surface area contributed by atoms with E-state index in [0.717, 1.165) is 0 Å². The third kappa shape index (κ3) is 4.94. The van der Waals surface area contributed by atoms with E-state index in [1.54, 1.807) is 3.88 Å². The SMILES string of the molecule is CC(C)C1=[C]([Ti])CC=C1.Cl.Cl.Cl. The van der Waals surface area contributed by atoms with E-state index in [0.29, 0.717) is 5.92 Å². The van der Waals surface area contributed by atoms with Crippen molar-refractivity contribution in [3.63, 3.8) is 0 Å². The number of rotatable bonds is 1. The first-order chi connectivity index (χ1) is 4.22. The summed E-state index contributed by atoms with van der Waals surface area (Å²) in [7, 11) is 0. The molecule has 0 nitrogen and oxygen atoms in total.